The lowest BCUT2D eigenvalue weighted by Crippen LogP contribution is -2.13. The van der Waals surface area contributed by atoms with Crippen LogP contribution in [-0.4, -0.2) is 5.91 Å². The van der Waals surface area contributed by atoms with Crippen molar-refractivity contribution >= 4 is 23.0 Å². The quantitative estimate of drug-likeness (QED) is 0.904. The van der Waals surface area contributed by atoms with Gasteiger partial charge in [0.2, 0.25) is 5.91 Å². The first kappa shape index (κ1) is 14.6. The summed E-state index contributed by atoms with van der Waals surface area (Å²) >= 11 is 0. The summed E-state index contributed by atoms with van der Waals surface area (Å²) in [6, 6.07) is 16.4. The number of para-hydroxylation sites is 1. The van der Waals surface area contributed by atoms with E-state index in [-0.39, 0.29) is 11.8 Å². The predicted octanol–water partition coefficient (Wildman–Crippen LogP) is 3.52. The molecular weight excluding hydrogens is 288 g/mol. The van der Waals surface area contributed by atoms with Crippen molar-refractivity contribution in [3.8, 4) is 12.1 Å². The van der Waals surface area contributed by atoms with Gasteiger partial charge in [0.05, 0.1) is 16.8 Å². The fourth-order valence-corrected chi connectivity index (χ4v) is 2.24. The van der Waals surface area contributed by atoms with E-state index in [9.17, 15) is 15.3 Å². The first-order chi connectivity index (χ1) is 11.2. The van der Waals surface area contributed by atoms with Gasteiger partial charge in [-0.3, -0.25) is 4.79 Å². The van der Waals surface area contributed by atoms with Gasteiger partial charge in [-0.1, -0.05) is 6.07 Å². The summed E-state index contributed by atoms with van der Waals surface area (Å²) in [5.74, 6) is 0.223. The Kier molecular flexibility index (Phi) is 3.95. The molecule has 0 atom stereocenters. The van der Waals surface area contributed by atoms with Crippen LogP contribution in [0, 0.1) is 28.6 Å². The van der Waals surface area contributed by atoms with Crippen LogP contribution in [0.4, 0.5) is 17.1 Å². The lowest BCUT2D eigenvalue weighted by atomic mass is 10.1. The van der Waals surface area contributed by atoms with E-state index in [2.05, 4.69) is 22.8 Å². The van der Waals surface area contributed by atoms with Crippen molar-refractivity contribution in [1.29, 1.82) is 10.5 Å². The number of rotatable bonds is 4. The Labute approximate surface area is 134 Å². The molecule has 1 aliphatic carbocycles. The number of amides is 1. The maximum atomic E-state index is 11.7. The Bertz CT molecular complexity index is 791. The average molecular weight is 302 g/mol. The second kappa shape index (κ2) is 6.21. The summed E-state index contributed by atoms with van der Waals surface area (Å²) in [6.45, 7) is 0. The molecule has 5 nitrogen and oxygen atoms in total. The zero-order valence-corrected chi connectivity index (χ0v) is 12.3. The van der Waals surface area contributed by atoms with Crippen molar-refractivity contribution in [3.05, 3.63) is 53.6 Å². The van der Waals surface area contributed by atoms with Crippen LogP contribution in [0.15, 0.2) is 42.5 Å². The minimum Gasteiger partial charge on any atom is -0.353 e. The van der Waals surface area contributed by atoms with E-state index >= 15 is 0 Å². The molecule has 0 radical (unpaired) electrons. The molecule has 0 bridgehead atoms. The Morgan fingerprint density at radius 2 is 1.52 bits per heavy atom. The molecule has 2 N–H and O–H groups in total. The van der Waals surface area contributed by atoms with E-state index < -0.39 is 0 Å². The van der Waals surface area contributed by atoms with Crippen molar-refractivity contribution in [2.75, 3.05) is 10.6 Å². The minimum atomic E-state index is 0.0623. The highest BCUT2D eigenvalue weighted by Crippen LogP contribution is 2.30. The van der Waals surface area contributed by atoms with E-state index in [1.54, 1.807) is 42.5 Å². The number of anilines is 3. The second-order valence-electron chi connectivity index (χ2n) is 5.42. The number of nitriles is 2. The average Bonchev–Trinajstić information content (AvgIpc) is 3.42. The topological polar surface area (TPSA) is 88.7 Å². The highest BCUT2D eigenvalue weighted by Gasteiger charge is 2.29. The van der Waals surface area contributed by atoms with Crippen LogP contribution in [0.25, 0.3) is 0 Å². The van der Waals surface area contributed by atoms with Crippen LogP contribution in [0.3, 0.4) is 0 Å². The number of carbonyl (C=O) groups excluding carboxylic acids is 1. The van der Waals surface area contributed by atoms with E-state index in [4.69, 9.17) is 0 Å². The Balaban J connectivity index is 1.77. The standard InChI is InChI=1S/C18H14N4O/c19-10-13-2-1-3-14(11-20)17(13)21-15-6-8-16(9-7-15)22-18(23)12-4-5-12/h1-3,6-9,12,21H,4-5H2,(H,22,23). The van der Waals surface area contributed by atoms with Crippen LogP contribution in [0.1, 0.15) is 24.0 Å². The zero-order valence-electron chi connectivity index (χ0n) is 12.3. The lowest BCUT2D eigenvalue weighted by molar-refractivity contribution is -0.117. The molecule has 2 aromatic rings. The molecule has 1 amide bonds. The van der Waals surface area contributed by atoms with Crippen LogP contribution >= 0.6 is 0 Å². The highest BCUT2D eigenvalue weighted by molar-refractivity contribution is 5.94. The predicted molar refractivity (Wildman–Crippen MR) is 87.0 cm³/mol. The molecule has 0 saturated heterocycles. The third kappa shape index (κ3) is 3.30. The maximum absolute atomic E-state index is 11.7. The number of nitrogens with zero attached hydrogens (tertiary/aromatic N) is 2. The van der Waals surface area contributed by atoms with Crippen molar-refractivity contribution in [2.24, 2.45) is 5.92 Å². The molecule has 23 heavy (non-hydrogen) atoms. The van der Waals surface area contributed by atoms with Crippen molar-refractivity contribution < 1.29 is 4.79 Å². The van der Waals surface area contributed by atoms with Gasteiger partial charge in [0.1, 0.15) is 12.1 Å². The molecule has 1 aliphatic rings. The molecule has 5 heteroatoms. The third-order valence-corrected chi connectivity index (χ3v) is 3.68. The van der Waals surface area contributed by atoms with Gasteiger partial charge in [-0.25, -0.2) is 0 Å². The molecule has 1 saturated carbocycles. The van der Waals surface area contributed by atoms with Crippen LogP contribution in [0.5, 0.6) is 0 Å². The molecule has 0 aromatic heterocycles. The lowest BCUT2D eigenvalue weighted by Gasteiger charge is -2.11. The Morgan fingerprint density at radius 3 is 2.04 bits per heavy atom. The first-order valence-electron chi connectivity index (χ1n) is 7.32. The molecule has 0 heterocycles. The maximum Gasteiger partial charge on any atom is 0.227 e. The molecule has 0 unspecified atom stereocenters. The van der Waals surface area contributed by atoms with Crippen LogP contribution < -0.4 is 10.6 Å². The fraction of sp³-hybridized carbons (Fsp3) is 0.167. The number of nitrogens with one attached hydrogen (secondary N) is 2. The number of hydrogen-bond acceptors (Lipinski definition) is 4. The summed E-state index contributed by atoms with van der Waals surface area (Å²) < 4.78 is 0. The molecule has 2 aromatic carbocycles. The number of hydrogen-bond donors (Lipinski definition) is 2. The largest absolute Gasteiger partial charge is 0.353 e. The number of carbonyl (C=O) groups is 1. The van der Waals surface area contributed by atoms with Gasteiger partial charge in [-0.05, 0) is 49.2 Å². The van der Waals surface area contributed by atoms with Crippen molar-refractivity contribution in [1.82, 2.24) is 0 Å². The molecule has 1 fully saturated rings. The fourth-order valence-electron chi connectivity index (χ4n) is 2.24. The van der Waals surface area contributed by atoms with E-state index in [0.29, 0.717) is 16.8 Å². The van der Waals surface area contributed by atoms with Gasteiger partial charge >= 0.3 is 0 Å². The third-order valence-electron chi connectivity index (χ3n) is 3.68. The SMILES string of the molecule is N#Cc1cccc(C#N)c1Nc1ccc(NC(=O)C2CC2)cc1. The Morgan fingerprint density at radius 1 is 0.957 bits per heavy atom. The summed E-state index contributed by atoms with van der Waals surface area (Å²) in [6.07, 6.45) is 1.93. The second-order valence-corrected chi connectivity index (χ2v) is 5.42. The molecule has 0 spiro atoms. The molecule has 3 rings (SSSR count). The van der Waals surface area contributed by atoms with Crippen LogP contribution in [0.2, 0.25) is 0 Å². The molecule has 0 aliphatic heterocycles. The van der Waals surface area contributed by atoms with Crippen molar-refractivity contribution in [3.63, 3.8) is 0 Å². The van der Waals surface area contributed by atoms with E-state index in [1.165, 1.54) is 0 Å². The van der Waals surface area contributed by atoms with Gasteiger partial charge < -0.3 is 10.6 Å². The van der Waals surface area contributed by atoms with Crippen molar-refractivity contribution in [2.45, 2.75) is 12.8 Å². The smallest absolute Gasteiger partial charge is 0.227 e. The summed E-state index contributed by atoms with van der Waals surface area (Å²) in [5, 5.41) is 24.3. The van der Waals surface area contributed by atoms with Crippen LogP contribution in [-0.2, 0) is 4.79 Å². The van der Waals surface area contributed by atoms with Gasteiger partial charge in [-0.15, -0.1) is 0 Å². The number of benzene rings is 2. The first-order valence-corrected chi connectivity index (χ1v) is 7.32. The Hall–Kier alpha value is -3.31. The van der Waals surface area contributed by atoms with Gasteiger partial charge in [0, 0.05) is 17.3 Å². The van der Waals surface area contributed by atoms with E-state index in [0.717, 1.165) is 24.2 Å². The van der Waals surface area contributed by atoms with Gasteiger partial charge in [0.15, 0.2) is 0 Å². The molecule has 112 valence electrons. The molecular formula is C18H14N4O. The highest BCUT2D eigenvalue weighted by atomic mass is 16.2. The monoisotopic (exact) mass is 302 g/mol. The van der Waals surface area contributed by atoms with Gasteiger partial charge in [0.25, 0.3) is 0 Å². The minimum absolute atomic E-state index is 0.0623. The summed E-state index contributed by atoms with van der Waals surface area (Å²) in [5.41, 5.74) is 2.80. The summed E-state index contributed by atoms with van der Waals surface area (Å²) in [4.78, 5) is 11.7. The summed E-state index contributed by atoms with van der Waals surface area (Å²) in [7, 11) is 0. The zero-order chi connectivity index (χ0) is 16.2. The van der Waals surface area contributed by atoms with E-state index in [1.807, 2.05) is 0 Å². The van der Waals surface area contributed by atoms with Gasteiger partial charge in [-0.2, -0.15) is 10.5 Å². The normalized spacial score (nSPS) is 12.8.